The van der Waals surface area contributed by atoms with Gasteiger partial charge in [0.1, 0.15) is 22.5 Å². The van der Waals surface area contributed by atoms with E-state index in [9.17, 15) is 0 Å². The molecule has 0 N–H and O–H groups in total. The SMILES string of the molecule is C=C1CC2C(CCc3cc(C)c4c(oc5ccccc54)c3-c3n(-c4c(-c5ccccc5)cc(C(C)(C)C)cc4-c4ccccc4)c4ccccc4[n+]31)c1ccccc1-c1cc(CC(C)C)c([Si](C)(C)C)c[n+]12. The summed E-state index contributed by atoms with van der Waals surface area (Å²) < 4.78 is 15.2. The summed E-state index contributed by atoms with van der Waals surface area (Å²) in [6, 6.07) is 59.2. The Morgan fingerprint density at radius 1 is 0.750 bits per heavy atom. The van der Waals surface area contributed by atoms with Crippen LogP contribution in [0.1, 0.15) is 87.2 Å². The van der Waals surface area contributed by atoms with Gasteiger partial charge in [-0.15, -0.1) is 0 Å². The van der Waals surface area contributed by atoms with Gasteiger partial charge in [0.25, 0.3) is 0 Å². The monoisotopic (exact) mass is 958 g/mol. The van der Waals surface area contributed by atoms with Crippen molar-refractivity contribution in [3.8, 4) is 50.6 Å². The molecule has 0 saturated carbocycles. The van der Waals surface area contributed by atoms with Gasteiger partial charge in [-0.05, 0) is 113 Å². The number of nitrogens with zero attached hydrogens (tertiary/aromatic N) is 3. The van der Waals surface area contributed by atoms with Gasteiger partial charge in [-0.3, -0.25) is 0 Å². The van der Waals surface area contributed by atoms with Crippen LogP contribution in [0.3, 0.4) is 0 Å². The van der Waals surface area contributed by atoms with E-state index >= 15 is 0 Å². The zero-order valence-corrected chi connectivity index (χ0v) is 44.6. The van der Waals surface area contributed by atoms with Crippen LogP contribution >= 0.6 is 0 Å². The molecule has 0 spiro atoms. The molecule has 2 atom stereocenters. The third kappa shape index (κ3) is 7.53. The van der Waals surface area contributed by atoms with Crippen LogP contribution in [0.5, 0.6) is 0 Å². The highest BCUT2D eigenvalue weighted by atomic mass is 28.3. The molecule has 0 aliphatic carbocycles. The van der Waals surface area contributed by atoms with Gasteiger partial charge in [-0.25, -0.2) is 0 Å². The molecule has 2 aliphatic rings. The van der Waals surface area contributed by atoms with Crippen LogP contribution in [-0.2, 0) is 18.3 Å². The average molecular weight is 958 g/mol. The van der Waals surface area contributed by atoms with Crippen LogP contribution < -0.4 is 14.3 Å². The van der Waals surface area contributed by atoms with Gasteiger partial charge in [0.05, 0.1) is 14.5 Å². The molecule has 12 rings (SSSR count). The first-order valence-corrected chi connectivity index (χ1v) is 29.8. The zero-order chi connectivity index (χ0) is 49.8. The quantitative estimate of drug-likeness (QED) is 0.120. The van der Waals surface area contributed by atoms with Gasteiger partial charge in [0.2, 0.25) is 5.69 Å². The summed E-state index contributed by atoms with van der Waals surface area (Å²) in [5, 5.41) is 3.89. The fourth-order valence-corrected chi connectivity index (χ4v) is 14.3. The third-order valence-corrected chi connectivity index (χ3v) is 18.0. The summed E-state index contributed by atoms with van der Waals surface area (Å²) >= 11 is 0. The fraction of sp³-hybridized carbons (Fsp3) is 0.254. The lowest BCUT2D eigenvalue weighted by Gasteiger charge is -2.33. The van der Waals surface area contributed by atoms with Crippen LogP contribution in [0.4, 0.5) is 0 Å². The number of allylic oxidation sites excluding steroid dienone is 1. The van der Waals surface area contributed by atoms with Crippen LogP contribution in [0.15, 0.2) is 175 Å². The van der Waals surface area contributed by atoms with Crippen LogP contribution in [0, 0.1) is 12.8 Å². The number of imidazole rings is 1. The second kappa shape index (κ2) is 17.3. The first-order valence-electron chi connectivity index (χ1n) is 26.3. The molecule has 5 heteroatoms. The highest BCUT2D eigenvalue weighted by Gasteiger charge is 2.46. The van der Waals surface area contributed by atoms with Crippen LogP contribution in [0.2, 0.25) is 19.6 Å². The second-order valence-corrected chi connectivity index (χ2v) is 28.4. The molecule has 72 heavy (non-hydrogen) atoms. The lowest BCUT2D eigenvalue weighted by molar-refractivity contribution is -0.719. The van der Waals surface area contributed by atoms with Gasteiger partial charge in [0.15, 0.2) is 28.9 Å². The van der Waals surface area contributed by atoms with E-state index < -0.39 is 8.07 Å². The standard InChI is InChI=1S/C67H67N3OSi/c1-42(2)35-48-38-59-51-28-18-17-27-50(51)52-34-33-47-36-43(3)62-53-29-19-22-32-60(53)71-65(62)63(47)66-69(44(4)37-58(52)68(59)41-61(48)72(8,9)10)56-30-20-21-31-57(56)70(66)64-54(45-23-13-11-14-24-45)39-49(67(5,6)7)40-55(64)46-25-15-12-16-26-46/h11-32,36,38-42,52,58H,4,33-35,37H2,1-3,5-10H3/q+2. The minimum atomic E-state index is -1.78. The van der Waals surface area contributed by atoms with E-state index in [1.54, 1.807) is 5.19 Å². The minimum absolute atomic E-state index is 0.114. The topological polar surface area (TPSA) is 25.8 Å². The van der Waals surface area contributed by atoms with E-state index in [4.69, 9.17) is 11.0 Å². The Morgan fingerprint density at radius 3 is 2.07 bits per heavy atom. The van der Waals surface area contributed by atoms with Gasteiger partial charge in [-0.1, -0.05) is 176 Å². The van der Waals surface area contributed by atoms with E-state index in [2.05, 4.69) is 239 Å². The molecule has 7 aromatic carbocycles. The maximum atomic E-state index is 7.31. The van der Waals surface area contributed by atoms with Gasteiger partial charge in [0, 0.05) is 44.6 Å². The number of furan rings is 1. The normalized spacial score (nSPS) is 15.9. The molecule has 5 heterocycles. The number of aromatic nitrogens is 3. The zero-order valence-electron chi connectivity index (χ0n) is 43.6. The van der Waals surface area contributed by atoms with Crippen LogP contribution in [0.25, 0.3) is 89.3 Å². The predicted molar refractivity (Wildman–Crippen MR) is 304 cm³/mol. The molecule has 0 amide bonds. The molecular formula is C67H67N3OSi+2. The molecule has 0 radical (unpaired) electrons. The summed E-state index contributed by atoms with van der Waals surface area (Å²) in [7, 11) is -1.78. The summed E-state index contributed by atoms with van der Waals surface area (Å²) in [5.41, 5.74) is 21.5. The maximum absolute atomic E-state index is 7.31. The minimum Gasteiger partial charge on any atom is -0.455 e. The molecule has 2 aliphatic heterocycles. The lowest BCUT2D eigenvalue weighted by Crippen LogP contribution is -2.54. The van der Waals surface area contributed by atoms with E-state index in [-0.39, 0.29) is 17.4 Å². The van der Waals surface area contributed by atoms with Crippen LogP contribution in [-0.4, -0.2) is 12.6 Å². The van der Waals surface area contributed by atoms with E-state index in [0.717, 1.165) is 76.0 Å². The van der Waals surface area contributed by atoms with Crippen molar-refractivity contribution in [3.63, 3.8) is 0 Å². The highest BCUT2D eigenvalue weighted by molar-refractivity contribution is 6.89. The molecule has 2 unspecified atom stereocenters. The van der Waals surface area contributed by atoms with Crippen molar-refractivity contribution in [3.05, 3.63) is 198 Å². The molecule has 10 aromatic rings. The Balaban J connectivity index is 1.23. The molecule has 3 aromatic heterocycles. The van der Waals surface area contributed by atoms with Crippen molar-refractivity contribution in [2.75, 3.05) is 0 Å². The number of rotatable bonds is 6. The predicted octanol–water partition coefficient (Wildman–Crippen LogP) is 16.3. The Hall–Kier alpha value is -7.08. The Labute approximate surface area is 427 Å². The van der Waals surface area contributed by atoms with Gasteiger partial charge >= 0.3 is 5.82 Å². The number of aryl methyl sites for hydroxylation is 2. The Bertz CT molecular complexity index is 3720. The van der Waals surface area contributed by atoms with Crippen molar-refractivity contribution >= 4 is 51.9 Å². The van der Waals surface area contributed by atoms with Crippen molar-refractivity contribution in [2.24, 2.45) is 5.92 Å². The summed E-state index contributed by atoms with van der Waals surface area (Å²) in [6.07, 6.45) is 6.30. The van der Waals surface area contributed by atoms with Crippen molar-refractivity contribution < 1.29 is 13.6 Å². The van der Waals surface area contributed by atoms with E-state index in [1.807, 2.05) is 0 Å². The Morgan fingerprint density at radius 2 is 1.39 bits per heavy atom. The van der Waals surface area contributed by atoms with Crippen molar-refractivity contribution in [2.45, 2.75) is 104 Å². The summed E-state index contributed by atoms with van der Waals surface area (Å²) in [6.45, 7) is 26.9. The molecule has 0 fully saturated rings. The van der Waals surface area contributed by atoms with Crippen molar-refractivity contribution in [1.82, 2.24) is 4.57 Å². The number of pyridine rings is 1. The first kappa shape index (κ1) is 46.0. The fourth-order valence-electron chi connectivity index (χ4n) is 12.6. The first-order chi connectivity index (χ1) is 34.7. The highest BCUT2D eigenvalue weighted by Crippen LogP contribution is 2.50. The summed E-state index contributed by atoms with van der Waals surface area (Å²) in [4.78, 5) is 0. The molecule has 4 nitrogen and oxygen atoms in total. The summed E-state index contributed by atoms with van der Waals surface area (Å²) in [5.74, 6) is 1.88. The second-order valence-electron chi connectivity index (χ2n) is 23.3. The maximum Gasteiger partial charge on any atom is 0.304 e. The Kier molecular flexibility index (Phi) is 11.1. The average Bonchev–Trinajstić information content (AvgIpc) is 3.92. The van der Waals surface area contributed by atoms with E-state index in [1.165, 1.54) is 66.7 Å². The number of para-hydroxylation sites is 3. The number of hydrogen-bond donors (Lipinski definition) is 0. The van der Waals surface area contributed by atoms with Gasteiger partial charge < -0.3 is 4.42 Å². The van der Waals surface area contributed by atoms with Gasteiger partial charge in [-0.2, -0.15) is 13.7 Å². The lowest BCUT2D eigenvalue weighted by atomic mass is 9.77. The largest absolute Gasteiger partial charge is 0.455 e. The molecule has 0 bridgehead atoms. The smallest absolute Gasteiger partial charge is 0.304 e. The molecule has 0 saturated heterocycles. The molecule has 358 valence electrons. The number of hydrogen-bond acceptors (Lipinski definition) is 1. The van der Waals surface area contributed by atoms with Crippen molar-refractivity contribution in [1.29, 1.82) is 0 Å². The van der Waals surface area contributed by atoms with E-state index in [0.29, 0.717) is 5.92 Å². The number of benzene rings is 7. The third-order valence-electron chi connectivity index (χ3n) is 15.9. The number of fused-ring (bicyclic) bond motifs is 15. The molecular weight excluding hydrogens is 891 g/mol.